The van der Waals surface area contributed by atoms with Gasteiger partial charge in [0.25, 0.3) is 0 Å². The Bertz CT molecular complexity index is 745. The minimum Gasteiger partial charge on any atom is -0.322 e. The Hall–Kier alpha value is -2.04. The number of aromatic nitrogens is 3. The summed E-state index contributed by atoms with van der Waals surface area (Å²) < 4.78 is 0. The molecule has 1 unspecified atom stereocenters. The fraction of sp³-hybridized carbons (Fsp3) is 0.133. The number of benzene rings is 1. The Balaban J connectivity index is 1.89. The van der Waals surface area contributed by atoms with Gasteiger partial charge < -0.3 is 5.73 Å². The number of hydrogen-bond acceptors (Lipinski definition) is 4. The number of halogens is 1. The number of nitrogens with two attached hydrogens (primary N) is 1. The van der Waals surface area contributed by atoms with Gasteiger partial charge in [-0.25, -0.2) is 4.98 Å². The van der Waals surface area contributed by atoms with Crippen molar-refractivity contribution >= 4 is 22.6 Å². The predicted octanol–water partition coefficient (Wildman–Crippen LogP) is 2.92. The van der Waals surface area contributed by atoms with Gasteiger partial charge in [0.15, 0.2) is 0 Å². The van der Waals surface area contributed by atoms with Crippen LogP contribution in [-0.4, -0.2) is 15.0 Å². The topological polar surface area (TPSA) is 64.7 Å². The molecule has 20 heavy (non-hydrogen) atoms. The SMILES string of the molecule is NC(Cc1ccncc1Cl)c1cnc2ccccc2n1. The van der Waals surface area contributed by atoms with Crippen molar-refractivity contribution in [3.05, 3.63) is 65.2 Å². The fourth-order valence-corrected chi connectivity index (χ4v) is 2.26. The van der Waals surface area contributed by atoms with Gasteiger partial charge in [0.05, 0.1) is 34.0 Å². The minimum absolute atomic E-state index is 0.244. The minimum atomic E-state index is -0.244. The second kappa shape index (κ2) is 5.53. The maximum atomic E-state index is 6.21. The first kappa shape index (κ1) is 13.0. The van der Waals surface area contributed by atoms with Gasteiger partial charge in [0.2, 0.25) is 0 Å². The molecule has 100 valence electrons. The van der Waals surface area contributed by atoms with Crippen LogP contribution in [0.5, 0.6) is 0 Å². The summed E-state index contributed by atoms with van der Waals surface area (Å²) in [4.78, 5) is 12.9. The summed E-state index contributed by atoms with van der Waals surface area (Å²) in [5.74, 6) is 0. The third-order valence-electron chi connectivity index (χ3n) is 3.14. The highest BCUT2D eigenvalue weighted by Gasteiger charge is 2.12. The molecule has 2 heterocycles. The molecule has 0 fully saturated rings. The van der Waals surface area contributed by atoms with Gasteiger partial charge in [-0.2, -0.15) is 0 Å². The normalized spacial score (nSPS) is 12.5. The van der Waals surface area contributed by atoms with Crippen LogP contribution < -0.4 is 5.73 Å². The Labute approximate surface area is 121 Å². The molecule has 5 heteroatoms. The van der Waals surface area contributed by atoms with Crippen LogP contribution in [0.15, 0.2) is 48.9 Å². The summed E-state index contributed by atoms with van der Waals surface area (Å²) >= 11 is 6.10. The van der Waals surface area contributed by atoms with E-state index in [9.17, 15) is 0 Å². The first-order valence-electron chi connectivity index (χ1n) is 6.29. The Morgan fingerprint density at radius 1 is 1.10 bits per heavy atom. The molecule has 1 aromatic carbocycles. The van der Waals surface area contributed by atoms with E-state index >= 15 is 0 Å². The first-order valence-corrected chi connectivity index (χ1v) is 6.67. The second-order valence-electron chi connectivity index (χ2n) is 4.56. The molecule has 1 atom stereocenters. The standard InChI is InChI=1S/C15H13ClN4/c16-11-8-18-6-5-10(11)7-12(17)15-9-19-13-3-1-2-4-14(13)20-15/h1-6,8-9,12H,7,17H2. The van der Waals surface area contributed by atoms with Crippen LogP contribution >= 0.6 is 11.6 Å². The highest BCUT2D eigenvalue weighted by Crippen LogP contribution is 2.21. The molecule has 0 aliphatic heterocycles. The molecule has 0 spiro atoms. The predicted molar refractivity (Wildman–Crippen MR) is 79.4 cm³/mol. The molecule has 0 amide bonds. The number of pyridine rings is 1. The highest BCUT2D eigenvalue weighted by atomic mass is 35.5. The third kappa shape index (κ3) is 2.61. The van der Waals surface area contributed by atoms with E-state index in [0.717, 1.165) is 22.3 Å². The average Bonchev–Trinajstić information content (AvgIpc) is 2.49. The number of para-hydroxylation sites is 2. The van der Waals surface area contributed by atoms with E-state index in [1.54, 1.807) is 18.6 Å². The summed E-state index contributed by atoms with van der Waals surface area (Å²) in [5, 5.41) is 0.622. The average molecular weight is 285 g/mol. The van der Waals surface area contributed by atoms with Gasteiger partial charge in [0.1, 0.15) is 0 Å². The monoisotopic (exact) mass is 284 g/mol. The number of hydrogen-bond donors (Lipinski definition) is 1. The summed E-state index contributed by atoms with van der Waals surface area (Å²) in [6, 6.07) is 9.36. The van der Waals surface area contributed by atoms with Crippen LogP contribution in [-0.2, 0) is 6.42 Å². The van der Waals surface area contributed by atoms with Gasteiger partial charge in [-0.3, -0.25) is 9.97 Å². The van der Waals surface area contributed by atoms with E-state index in [1.807, 2.05) is 30.3 Å². The second-order valence-corrected chi connectivity index (χ2v) is 4.97. The zero-order valence-corrected chi connectivity index (χ0v) is 11.5. The summed E-state index contributed by atoms with van der Waals surface area (Å²) in [6.07, 6.45) is 5.66. The van der Waals surface area contributed by atoms with Crippen molar-refractivity contribution in [2.45, 2.75) is 12.5 Å². The van der Waals surface area contributed by atoms with Crippen LogP contribution in [0.3, 0.4) is 0 Å². The van der Waals surface area contributed by atoms with E-state index in [1.165, 1.54) is 0 Å². The fourth-order valence-electron chi connectivity index (χ4n) is 2.06. The van der Waals surface area contributed by atoms with Crippen LogP contribution in [0.4, 0.5) is 0 Å². The van der Waals surface area contributed by atoms with E-state index in [4.69, 9.17) is 17.3 Å². The zero-order valence-electron chi connectivity index (χ0n) is 10.7. The number of rotatable bonds is 3. The molecule has 3 rings (SSSR count). The molecule has 2 aromatic heterocycles. The Morgan fingerprint density at radius 3 is 2.70 bits per heavy atom. The van der Waals surface area contributed by atoms with E-state index in [-0.39, 0.29) is 6.04 Å². The smallest absolute Gasteiger partial charge is 0.0890 e. The van der Waals surface area contributed by atoms with Crippen molar-refractivity contribution in [1.29, 1.82) is 0 Å². The lowest BCUT2D eigenvalue weighted by Crippen LogP contribution is -2.15. The summed E-state index contributed by atoms with van der Waals surface area (Å²) in [6.45, 7) is 0. The van der Waals surface area contributed by atoms with Crippen molar-refractivity contribution in [2.24, 2.45) is 5.73 Å². The van der Waals surface area contributed by atoms with Crippen LogP contribution in [0.2, 0.25) is 5.02 Å². The van der Waals surface area contributed by atoms with E-state index in [2.05, 4.69) is 15.0 Å². The van der Waals surface area contributed by atoms with Crippen LogP contribution in [0.1, 0.15) is 17.3 Å². The Kier molecular flexibility index (Phi) is 3.58. The van der Waals surface area contributed by atoms with Gasteiger partial charge in [-0.05, 0) is 30.2 Å². The lowest BCUT2D eigenvalue weighted by Gasteiger charge is -2.12. The number of fused-ring (bicyclic) bond motifs is 1. The van der Waals surface area contributed by atoms with E-state index in [0.29, 0.717) is 11.4 Å². The molecule has 3 aromatic rings. The molecule has 0 aliphatic carbocycles. The van der Waals surface area contributed by atoms with Crippen molar-refractivity contribution < 1.29 is 0 Å². The molecule has 0 aliphatic rings. The molecule has 0 saturated carbocycles. The summed E-state index contributed by atoms with van der Waals surface area (Å²) in [5.41, 5.74) is 9.64. The van der Waals surface area contributed by atoms with Crippen LogP contribution in [0.25, 0.3) is 11.0 Å². The number of nitrogens with zero attached hydrogens (tertiary/aromatic N) is 3. The highest BCUT2D eigenvalue weighted by molar-refractivity contribution is 6.31. The Morgan fingerprint density at radius 2 is 1.90 bits per heavy atom. The van der Waals surface area contributed by atoms with Gasteiger partial charge in [-0.1, -0.05) is 23.7 Å². The largest absolute Gasteiger partial charge is 0.322 e. The molecular formula is C15H13ClN4. The maximum absolute atomic E-state index is 6.21. The molecule has 0 radical (unpaired) electrons. The first-order chi connectivity index (χ1) is 9.74. The van der Waals surface area contributed by atoms with Gasteiger partial charge >= 0.3 is 0 Å². The molecule has 0 bridgehead atoms. The van der Waals surface area contributed by atoms with Crippen LogP contribution in [0, 0.1) is 0 Å². The molecule has 4 nitrogen and oxygen atoms in total. The summed E-state index contributed by atoms with van der Waals surface area (Å²) in [7, 11) is 0. The van der Waals surface area contributed by atoms with Gasteiger partial charge in [-0.15, -0.1) is 0 Å². The van der Waals surface area contributed by atoms with E-state index < -0.39 is 0 Å². The maximum Gasteiger partial charge on any atom is 0.0890 e. The zero-order chi connectivity index (χ0) is 13.9. The van der Waals surface area contributed by atoms with Crippen molar-refractivity contribution in [3.63, 3.8) is 0 Å². The molecule has 0 saturated heterocycles. The van der Waals surface area contributed by atoms with Gasteiger partial charge in [0, 0.05) is 12.4 Å². The lowest BCUT2D eigenvalue weighted by molar-refractivity contribution is 0.695. The lowest BCUT2D eigenvalue weighted by atomic mass is 10.1. The molecular weight excluding hydrogens is 272 g/mol. The van der Waals surface area contributed by atoms with Crippen molar-refractivity contribution in [2.75, 3.05) is 0 Å². The third-order valence-corrected chi connectivity index (χ3v) is 3.48. The van der Waals surface area contributed by atoms with Crippen molar-refractivity contribution in [3.8, 4) is 0 Å². The van der Waals surface area contributed by atoms with Crippen molar-refractivity contribution in [1.82, 2.24) is 15.0 Å². The quantitative estimate of drug-likeness (QED) is 0.803. The molecule has 2 N–H and O–H groups in total.